The van der Waals surface area contributed by atoms with Crippen LogP contribution in [0.25, 0.3) is 0 Å². The number of Topliss-reactive ketones (excluding diaryl/α,β-unsaturated/α-hetero) is 1. The van der Waals surface area contributed by atoms with Crippen molar-refractivity contribution in [3.63, 3.8) is 0 Å². The molecule has 2 fully saturated rings. The van der Waals surface area contributed by atoms with Gasteiger partial charge in [-0.1, -0.05) is 24.5 Å². The first-order valence-corrected chi connectivity index (χ1v) is 10.6. The van der Waals surface area contributed by atoms with Crippen molar-refractivity contribution in [2.24, 2.45) is 22.7 Å². The van der Waals surface area contributed by atoms with E-state index in [9.17, 15) is 4.79 Å². The number of fused-ring (bicyclic) bond motifs is 4. The molecule has 144 valence electrons. The number of ketones is 1. The SMILES string of the molecule is C#C[C@]1(C(C)=O)CC[C@H]2[C@@H]3CCC4=C(CCC5(C4)OCCO5)C3=CC[C@@]21C. The molecule has 0 bridgehead atoms. The topological polar surface area (TPSA) is 35.5 Å². The van der Waals surface area contributed by atoms with Crippen LogP contribution in [0.2, 0.25) is 0 Å². The van der Waals surface area contributed by atoms with Crippen molar-refractivity contribution >= 4 is 5.78 Å². The third-order valence-corrected chi connectivity index (χ3v) is 8.69. The Hall–Kier alpha value is -1.37. The number of terminal acetylenes is 1. The van der Waals surface area contributed by atoms with Crippen molar-refractivity contribution in [1.29, 1.82) is 0 Å². The van der Waals surface area contributed by atoms with Crippen LogP contribution in [-0.4, -0.2) is 24.8 Å². The van der Waals surface area contributed by atoms with Crippen LogP contribution in [-0.2, 0) is 14.3 Å². The number of carbonyl (C=O) groups is 1. The standard InChI is InChI=1S/C24H30O3/c1-4-23(16(2)25)11-9-21-20-6-5-17-15-24(26-13-14-27-24)12-8-18(17)19(20)7-10-22(21,23)3/h1,7,20-21H,5-6,8-15H2,2-3H3/t20-,21+,22+,23-/m1/s1. The number of hydrogen-bond acceptors (Lipinski definition) is 3. The molecular formula is C24H30O3. The van der Waals surface area contributed by atoms with Crippen LogP contribution in [0.3, 0.4) is 0 Å². The van der Waals surface area contributed by atoms with Crippen molar-refractivity contribution in [1.82, 2.24) is 0 Å². The van der Waals surface area contributed by atoms with Gasteiger partial charge in [0.1, 0.15) is 5.78 Å². The average molecular weight is 367 g/mol. The van der Waals surface area contributed by atoms with Crippen LogP contribution in [0.15, 0.2) is 22.8 Å². The van der Waals surface area contributed by atoms with Crippen LogP contribution in [0.5, 0.6) is 0 Å². The highest BCUT2D eigenvalue weighted by molar-refractivity contribution is 5.87. The van der Waals surface area contributed by atoms with Crippen molar-refractivity contribution in [3.8, 4) is 12.3 Å². The van der Waals surface area contributed by atoms with Gasteiger partial charge in [-0.05, 0) is 73.8 Å². The normalized spacial score (nSPS) is 42.2. The summed E-state index contributed by atoms with van der Waals surface area (Å²) in [6, 6.07) is 0. The number of ether oxygens (including phenoxy) is 2. The van der Waals surface area contributed by atoms with Gasteiger partial charge in [-0.15, -0.1) is 6.42 Å². The molecule has 0 amide bonds. The maximum atomic E-state index is 12.6. The molecule has 5 rings (SSSR count). The Morgan fingerprint density at radius 3 is 2.70 bits per heavy atom. The smallest absolute Gasteiger partial charge is 0.172 e. The third-order valence-electron chi connectivity index (χ3n) is 8.69. The molecule has 5 aliphatic rings. The minimum absolute atomic E-state index is 0.0899. The summed E-state index contributed by atoms with van der Waals surface area (Å²) in [5, 5.41) is 0. The molecule has 0 aromatic carbocycles. The molecule has 0 unspecified atom stereocenters. The Labute approximate surface area is 162 Å². The first-order chi connectivity index (χ1) is 12.9. The quantitative estimate of drug-likeness (QED) is 0.638. The van der Waals surface area contributed by atoms with Gasteiger partial charge in [0.05, 0.1) is 18.6 Å². The molecule has 3 heteroatoms. The summed E-state index contributed by atoms with van der Waals surface area (Å²) in [6.07, 6.45) is 16.6. The van der Waals surface area contributed by atoms with Gasteiger partial charge in [0.25, 0.3) is 0 Å². The molecule has 4 aliphatic carbocycles. The van der Waals surface area contributed by atoms with Crippen molar-refractivity contribution in [2.75, 3.05) is 13.2 Å². The minimum Gasteiger partial charge on any atom is -0.347 e. The summed E-state index contributed by atoms with van der Waals surface area (Å²) in [5.41, 5.74) is 4.05. The maximum absolute atomic E-state index is 12.6. The number of allylic oxidation sites excluding steroid dienone is 3. The van der Waals surface area contributed by atoms with Gasteiger partial charge < -0.3 is 9.47 Å². The largest absolute Gasteiger partial charge is 0.347 e. The summed E-state index contributed by atoms with van der Waals surface area (Å²) < 4.78 is 12.0. The number of rotatable bonds is 1. The summed E-state index contributed by atoms with van der Waals surface area (Å²) in [7, 11) is 0. The van der Waals surface area contributed by atoms with Crippen LogP contribution in [0, 0.1) is 35.0 Å². The monoisotopic (exact) mass is 366 g/mol. The highest BCUT2D eigenvalue weighted by atomic mass is 16.7. The predicted molar refractivity (Wildman–Crippen MR) is 104 cm³/mol. The number of carbonyl (C=O) groups excluding carboxylic acids is 1. The first kappa shape index (κ1) is 17.7. The van der Waals surface area contributed by atoms with E-state index in [0.717, 1.165) is 58.2 Å². The van der Waals surface area contributed by atoms with E-state index < -0.39 is 5.41 Å². The van der Waals surface area contributed by atoms with Gasteiger partial charge in [0, 0.05) is 12.8 Å². The Balaban J connectivity index is 1.50. The van der Waals surface area contributed by atoms with Crippen LogP contribution >= 0.6 is 0 Å². The Bertz CT molecular complexity index is 791. The lowest BCUT2D eigenvalue weighted by atomic mass is 9.52. The molecule has 1 saturated carbocycles. The second kappa shape index (κ2) is 5.82. The summed E-state index contributed by atoms with van der Waals surface area (Å²) in [6.45, 7) is 5.46. The summed E-state index contributed by atoms with van der Waals surface area (Å²) in [4.78, 5) is 12.6. The summed E-state index contributed by atoms with van der Waals surface area (Å²) >= 11 is 0. The minimum atomic E-state index is -0.573. The lowest BCUT2D eigenvalue weighted by Crippen LogP contribution is -2.47. The van der Waals surface area contributed by atoms with Crippen molar-refractivity contribution in [2.45, 2.75) is 71.0 Å². The zero-order valence-corrected chi connectivity index (χ0v) is 16.6. The molecular weight excluding hydrogens is 336 g/mol. The second-order valence-electron chi connectivity index (χ2n) is 9.54. The van der Waals surface area contributed by atoms with E-state index in [-0.39, 0.29) is 17.0 Å². The van der Waals surface area contributed by atoms with Gasteiger partial charge in [0.15, 0.2) is 5.79 Å². The molecule has 0 radical (unpaired) electrons. The highest BCUT2D eigenvalue weighted by Gasteiger charge is 2.62. The van der Waals surface area contributed by atoms with Crippen molar-refractivity contribution < 1.29 is 14.3 Å². The Morgan fingerprint density at radius 2 is 2.00 bits per heavy atom. The molecule has 0 N–H and O–H groups in total. The zero-order chi connectivity index (χ0) is 18.9. The fraction of sp³-hybridized carbons (Fsp3) is 0.708. The van der Waals surface area contributed by atoms with Crippen LogP contribution < -0.4 is 0 Å². The van der Waals surface area contributed by atoms with E-state index in [0.29, 0.717) is 11.8 Å². The van der Waals surface area contributed by atoms with Gasteiger partial charge in [-0.2, -0.15) is 0 Å². The average Bonchev–Trinajstić information content (AvgIpc) is 3.23. The van der Waals surface area contributed by atoms with E-state index in [4.69, 9.17) is 15.9 Å². The van der Waals surface area contributed by atoms with E-state index in [1.165, 1.54) is 6.42 Å². The molecule has 4 atom stereocenters. The van der Waals surface area contributed by atoms with Crippen LogP contribution in [0.4, 0.5) is 0 Å². The lowest BCUT2D eigenvalue weighted by Gasteiger charge is -2.50. The molecule has 1 spiro atoms. The lowest BCUT2D eigenvalue weighted by molar-refractivity contribution is -0.164. The fourth-order valence-corrected chi connectivity index (χ4v) is 7.25. The maximum Gasteiger partial charge on any atom is 0.172 e. The van der Waals surface area contributed by atoms with E-state index in [2.05, 4.69) is 18.9 Å². The predicted octanol–water partition coefficient (Wildman–Crippen LogP) is 4.58. The molecule has 1 aliphatic heterocycles. The van der Waals surface area contributed by atoms with Crippen LogP contribution in [0.1, 0.15) is 65.2 Å². The van der Waals surface area contributed by atoms with Gasteiger partial charge in [-0.3, -0.25) is 4.79 Å². The summed E-state index contributed by atoms with van der Waals surface area (Å²) in [5.74, 6) is 3.93. The number of hydrogen-bond donors (Lipinski definition) is 0. The molecule has 1 saturated heterocycles. The molecule has 0 aromatic rings. The molecule has 3 nitrogen and oxygen atoms in total. The van der Waals surface area contributed by atoms with Gasteiger partial charge in [-0.25, -0.2) is 0 Å². The Kier molecular flexibility index (Phi) is 3.81. The molecule has 0 aromatic heterocycles. The van der Waals surface area contributed by atoms with Crippen molar-refractivity contribution in [3.05, 3.63) is 22.8 Å². The third kappa shape index (κ3) is 2.21. The highest BCUT2D eigenvalue weighted by Crippen LogP contribution is 2.66. The molecule has 27 heavy (non-hydrogen) atoms. The zero-order valence-electron chi connectivity index (χ0n) is 16.6. The van der Waals surface area contributed by atoms with Gasteiger partial charge in [0.2, 0.25) is 0 Å². The van der Waals surface area contributed by atoms with E-state index in [1.807, 2.05) is 0 Å². The molecule has 1 heterocycles. The van der Waals surface area contributed by atoms with E-state index in [1.54, 1.807) is 23.6 Å². The van der Waals surface area contributed by atoms with E-state index >= 15 is 0 Å². The Morgan fingerprint density at radius 1 is 1.22 bits per heavy atom. The first-order valence-electron chi connectivity index (χ1n) is 10.6. The van der Waals surface area contributed by atoms with Gasteiger partial charge >= 0.3 is 0 Å². The fourth-order valence-electron chi connectivity index (χ4n) is 7.25. The second-order valence-corrected chi connectivity index (χ2v) is 9.54.